The number of benzene rings is 1. The third-order valence-electron chi connectivity index (χ3n) is 4.23. The van der Waals surface area contributed by atoms with Crippen LogP contribution in [-0.2, 0) is 10.3 Å². The van der Waals surface area contributed by atoms with Crippen molar-refractivity contribution in [3.05, 3.63) is 38.1 Å². The number of nitro groups is 1. The maximum absolute atomic E-state index is 11.8. The molecule has 0 aliphatic carbocycles. The van der Waals surface area contributed by atoms with Crippen LogP contribution >= 0.6 is 15.9 Å². The third kappa shape index (κ3) is 5.35. The molecule has 0 bridgehead atoms. The van der Waals surface area contributed by atoms with Crippen molar-refractivity contribution in [2.45, 2.75) is 45.9 Å². The zero-order valence-corrected chi connectivity index (χ0v) is 19.2. The van der Waals surface area contributed by atoms with Crippen molar-refractivity contribution < 1.29 is 24.2 Å². The molecule has 2 rings (SSSR count). The predicted molar refractivity (Wildman–Crippen MR) is 114 cm³/mol. The van der Waals surface area contributed by atoms with Crippen LogP contribution in [0.3, 0.4) is 0 Å². The highest BCUT2D eigenvalue weighted by Gasteiger charge is 2.29. The quantitative estimate of drug-likeness (QED) is 0.304. The first-order valence-electron chi connectivity index (χ1n) is 9.12. The van der Waals surface area contributed by atoms with E-state index in [9.17, 15) is 15.2 Å². The lowest BCUT2D eigenvalue weighted by atomic mass is 9.98. The van der Waals surface area contributed by atoms with Gasteiger partial charge < -0.3 is 24.6 Å². The van der Waals surface area contributed by atoms with Crippen LogP contribution in [0.5, 0.6) is 17.4 Å². The fourth-order valence-corrected chi connectivity index (χ4v) is 3.15. The van der Waals surface area contributed by atoms with Gasteiger partial charge in [-0.05, 0) is 60.8 Å². The number of hydrogen-bond donors (Lipinski definition) is 2. The summed E-state index contributed by atoms with van der Waals surface area (Å²) < 4.78 is 16.9. The summed E-state index contributed by atoms with van der Waals surface area (Å²) in [5.41, 5.74) is -0.991. The lowest BCUT2D eigenvalue weighted by Gasteiger charge is -2.21. The molecular formula is C19H25BrN4O6. The number of aryl methyl sites for hydroxylation is 1. The molecule has 0 aliphatic rings. The normalized spacial score (nSPS) is 12.4. The fraction of sp³-hybridized carbons (Fsp3) is 0.474. The van der Waals surface area contributed by atoms with Crippen molar-refractivity contribution in [2.24, 2.45) is 0 Å². The highest BCUT2D eigenvalue weighted by Crippen LogP contribution is 2.44. The van der Waals surface area contributed by atoms with Crippen molar-refractivity contribution in [2.75, 3.05) is 19.5 Å². The lowest BCUT2D eigenvalue weighted by molar-refractivity contribution is -0.385. The maximum Gasteiger partial charge on any atom is 0.373 e. The molecule has 2 aromatic rings. The standard InChI is InChI=1S/C19H25BrN4O6/c1-7-14(29-6)23-17-15(24(26)27)18(22-10(2)21-17)30-16-12(20)8-11(19(3,4)25)9-13(16)28-5/h8-9,14,25H,7H2,1-6H3,(H,21,22,23). The van der Waals surface area contributed by atoms with Crippen LogP contribution in [0.4, 0.5) is 11.5 Å². The van der Waals surface area contributed by atoms with Gasteiger partial charge in [0.15, 0.2) is 11.5 Å². The molecule has 1 atom stereocenters. The Hall–Kier alpha value is -2.50. The second kappa shape index (κ2) is 9.54. The largest absolute Gasteiger partial charge is 0.493 e. The van der Waals surface area contributed by atoms with Gasteiger partial charge in [-0.15, -0.1) is 0 Å². The topological polar surface area (TPSA) is 129 Å². The Morgan fingerprint density at radius 1 is 1.33 bits per heavy atom. The summed E-state index contributed by atoms with van der Waals surface area (Å²) in [6, 6.07) is 3.24. The highest BCUT2D eigenvalue weighted by molar-refractivity contribution is 9.10. The number of rotatable bonds is 9. The van der Waals surface area contributed by atoms with E-state index in [1.165, 1.54) is 14.2 Å². The number of anilines is 1. The molecule has 0 amide bonds. The van der Waals surface area contributed by atoms with Crippen molar-refractivity contribution >= 4 is 27.4 Å². The zero-order valence-electron chi connectivity index (χ0n) is 17.6. The molecular weight excluding hydrogens is 460 g/mol. The first kappa shape index (κ1) is 23.8. The molecule has 0 saturated heterocycles. The molecule has 0 fully saturated rings. The molecule has 30 heavy (non-hydrogen) atoms. The molecule has 1 heterocycles. The fourth-order valence-electron chi connectivity index (χ4n) is 2.63. The minimum atomic E-state index is -1.13. The van der Waals surface area contributed by atoms with Crippen LogP contribution in [0.15, 0.2) is 16.6 Å². The zero-order chi connectivity index (χ0) is 22.6. The van der Waals surface area contributed by atoms with Crippen LogP contribution in [0.2, 0.25) is 0 Å². The lowest BCUT2D eigenvalue weighted by Crippen LogP contribution is -2.22. The Morgan fingerprint density at radius 3 is 2.50 bits per heavy atom. The number of nitrogens with one attached hydrogen (secondary N) is 1. The van der Waals surface area contributed by atoms with Crippen LogP contribution in [0, 0.1) is 17.0 Å². The summed E-state index contributed by atoms with van der Waals surface area (Å²) in [7, 11) is 2.92. The minimum absolute atomic E-state index is 0.0144. The predicted octanol–water partition coefficient (Wildman–Crippen LogP) is 4.28. The highest BCUT2D eigenvalue weighted by atomic mass is 79.9. The number of nitrogens with zero attached hydrogens (tertiary/aromatic N) is 3. The molecule has 0 saturated carbocycles. The Morgan fingerprint density at radius 2 is 2.00 bits per heavy atom. The Kier molecular flexibility index (Phi) is 7.56. The molecule has 2 N–H and O–H groups in total. The number of aromatic nitrogens is 2. The number of hydrogen-bond acceptors (Lipinski definition) is 9. The second-order valence-corrected chi connectivity index (χ2v) is 7.81. The molecule has 164 valence electrons. The van der Waals surface area contributed by atoms with Gasteiger partial charge in [-0.3, -0.25) is 10.1 Å². The summed E-state index contributed by atoms with van der Waals surface area (Å²) in [5.74, 6) is 0.448. The van der Waals surface area contributed by atoms with E-state index in [-0.39, 0.29) is 29.0 Å². The SMILES string of the molecule is CCC(Nc1nc(C)nc(Oc2c(Br)cc(C(C)(C)O)cc2OC)c1[N+](=O)[O-])OC. The van der Waals surface area contributed by atoms with E-state index in [0.717, 1.165) is 0 Å². The van der Waals surface area contributed by atoms with Crippen molar-refractivity contribution in [3.8, 4) is 17.4 Å². The van der Waals surface area contributed by atoms with E-state index in [2.05, 4.69) is 31.2 Å². The molecule has 0 aliphatic heterocycles. The Labute approximate surface area is 182 Å². The monoisotopic (exact) mass is 484 g/mol. The summed E-state index contributed by atoms with van der Waals surface area (Å²) in [4.78, 5) is 19.5. The van der Waals surface area contributed by atoms with Gasteiger partial charge in [-0.2, -0.15) is 4.98 Å². The summed E-state index contributed by atoms with van der Waals surface area (Å²) in [5, 5.41) is 25.0. The average molecular weight is 485 g/mol. The van der Waals surface area contributed by atoms with Gasteiger partial charge in [0.05, 0.1) is 22.1 Å². The molecule has 10 nitrogen and oxygen atoms in total. The second-order valence-electron chi connectivity index (χ2n) is 6.96. The van der Waals surface area contributed by atoms with Gasteiger partial charge in [0, 0.05) is 7.11 Å². The van der Waals surface area contributed by atoms with Crippen LogP contribution in [0.1, 0.15) is 38.6 Å². The van der Waals surface area contributed by atoms with E-state index in [4.69, 9.17) is 14.2 Å². The van der Waals surface area contributed by atoms with Gasteiger partial charge in [0.25, 0.3) is 0 Å². The number of ether oxygens (including phenoxy) is 3. The first-order chi connectivity index (χ1) is 14.0. The van der Waals surface area contributed by atoms with Crippen molar-refractivity contribution in [1.29, 1.82) is 0 Å². The first-order valence-corrected chi connectivity index (χ1v) is 9.91. The summed E-state index contributed by atoms with van der Waals surface area (Å²) in [6.45, 7) is 6.72. The van der Waals surface area contributed by atoms with Gasteiger partial charge in [-0.25, -0.2) is 4.98 Å². The van der Waals surface area contributed by atoms with Crippen molar-refractivity contribution in [1.82, 2.24) is 9.97 Å². The van der Waals surface area contributed by atoms with E-state index < -0.39 is 22.4 Å². The molecule has 1 aromatic carbocycles. The number of halogens is 1. The van der Waals surface area contributed by atoms with Gasteiger partial charge >= 0.3 is 11.6 Å². The third-order valence-corrected chi connectivity index (χ3v) is 4.82. The Bertz CT molecular complexity index is 928. The molecule has 1 aromatic heterocycles. The average Bonchev–Trinajstić information content (AvgIpc) is 2.65. The van der Waals surface area contributed by atoms with Gasteiger partial charge in [0.1, 0.15) is 12.1 Å². The van der Waals surface area contributed by atoms with E-state index in [0.29, 0.717) is 16.5 Å². The smallest absolute Gasteiger partial charge is 0.373 e. The summed E-state index contributed by atoms with van der Waals surface area (Å²) in [6.07, 6.45) is 0.0863. The molecule has 0 spiro atoms. The van der Waals surface area contributed by atoms with E-state index in [1.54, 1.807) is 32.9 Å². The van der Waals surface area contributed by atoms with Gasteiger partial charge in [-0.1, -0.05) is 6.92 Å². The van der Waals surface area contributed by atoms with Crippen LogP contribution in [0.25, 0.3) is 0 Å². The maximum atomic E-state index is 11.8. The van der Waals surface area contributed by atoms with Gasteiger partial charge in [0.2, 0.25) is 5.82 Å². The van der Waals surface area contributed by atoms with Crippen LogP contribution < -0.4 is 14.8 Å². The number of aliphatic hydroxyl groups is 1. The molecule has 11 heteroatoms. The summed E-state index contributed by atoms with van der Waals surface area (Å²) >= 11 is 3.39. The number of methoxy groups -OCH3 is 2. The van der Waals surface area contributed by atoms with Crippen LogP contribution in [-0.4, -0.2) is 40.4 Å². The van der Waals surface area contributed by atoms with E-state index in [1.807, 2.05) is 6.92 Å². The molecule has 0 radical (unpaired) electrons. The minimum Gasteiger partial charge on any atom is -0.493 e. The Balaban J connectivity index is 2.60. The molecule has 1 unspecified atom stereocenters. The van der Waals surface area contributed by atoms with E-state index >= 15 is 0 Å². The van der Waals surface area contributed by atoms with Crippen molar-refractivity contribution in [3.63, 3.8) is 0 Å².